The average molecular weight is 755 g/mol. The van der Waals surface area contributed by atoms with Gasteiger partial charge in [0.25, 0.3) is 17.5 Å². The molecule has 0 bridgehead atoms. The maximum Gasteiger partial charge on any atom is 0.514 e. The number of imide groups is 1. The number of carbonyl (C=O) groups is 6. The summed E-state index contributed by atoms with van der Waals surface area (Å²) >= 11 is 0. The Balaban J connectivity index is 1.31. The van der Waals surface area contributed by atoms with Gasteiger partial charge in [-0.25, -0.2) is 4.79 Å². The molecular weight excluding hydrogens is 708 g/mol. The molecule has 4 rings (SSSR count). The molecule has 1 aliphatic heterocycles. The summed E-state index contributed by atoms with van der Waals surface area (Å²) in [6.45, 7) is 2.21. The lowest BCUT2D eigenvalue weighted by Gasteiger charge is -2.22. The van der Waals surface area contributed by atoms with Crippen LogP contribution >= 0.6 is 0 Å². The van der Waals surface area contributed by atoms with E-state index in [1.54, 1.807) is 24.3 Å². The van der Waals surface area contributed by atoms with Gasteiger partial charge in [0.2, 0.25) is 11.8 Å². The van der Waals surface area contributed by atoms with Crippen LogP contribution in [0.5, 0.6) is 5.75 Å². The summed E-state index contributed by atoms with van der Waals surface area (Å²) < 4.78 is 10.2. The summed E-state index contributed by atoms with van der Waals surface area (Å²) in [5.74, 6) is -2.09. The number of unbranched alkanes of at least 4 members (excludes halogenated alkanes) is 4. The molecule has 0 spiro atoms. The number of anilines is 1. The van der Waals surface area contributed by atoms with Crippen LogP contribution in [0, 0.1) is 16.0 Å². The van der Waals surface area contributed by atoms with Crippen molar-refractivity contribution in [3.05, 3.63) is 112 Å². The Morgan fingerprint density at radius 2 is 1.51 bits per heavy atom. The van der Waals surface area contributed by atoms with Crippen molar-refractivity contribution in [2.45, 2.75) is 83.8 Å². The van der Waals surface area contributed by atoms with Gasteiger partial charge in [0.05, 0.1) is 11.0 Å². The van der Waals surface area contributed by atoms with Crippen LogP contribution in [0.25, 0.3) is 0 Å². The molecule has 1 heterocycles. The number of rotatable bonds is 22. The second-order valence-electron chi connectivity index (χ2n) is 13.2. The summed E-state index contributed by atoms with van der Waals surface area (Å²) in [5, 5.41) is 16.6. The second kappa shape index (κ2) is 21.5. The largest absolute Gasteiger partial charge is 0.514 e. The van der Waals surface area contributed by atoms with Crippen molar-refractivity contribution < 1.29 is 43.2 Å². The minimum absolute atomic E-state index is 0.0674. The van der Waals surface area contributed by atoms with Crippen LogP contribution in [0.1, 0.15) is 75.8 Å². The number of ether oxygens (including phenoxy) is 2. The molecule has 14 heteroatoms. The third kappa shape index (κ3) is 14.0. The van der Waals surface area contributed by atoms with Crippen LogP contribution in [0.4, 0.5) is 16.2 Å². The van der Waals surface area contributed by atoms with Gasteiger partial charge in [0.15, 0.2) is 5.78 Å². The monoisotopic (exact) mass is 754 g/mol. The number of hydrogen-bond donors (Lipinski definition) is 2. The van der Waals surface area contributed by atoms with E-state index in [1.165, 1.54) is 41.3 Å². The third-order valence-electron chi connectivity index (χ3n) is 8.99. The number of hydrogen-bond acceptors (Lipinski definition) is 10. The standard InChI is InChI=1S/C41H46N4O10/c1-2-3-6-13-31(40(50)42-32-17-15-30(16-18-32)28-54-41(51)55-34-21-19-33(20-22-34)45(52)53)27-36(46)35(26-29-11-7-4-8-12-29)43-37(47)14-9-5-10-25-44-38(48)23-24-39(44)49/h4,7-8,11-12,15-24,31,35H,2-3,5-6,9-10,13-14,25-28H2,1H3,(H,42,50)(H,43,47)/t31-,35?/m1/s1. The van der Waals surface area contributed by atoms with Crippen molar-refractivity contribution >= 4 is 46.9 Å². The van der Waals surface area contributed by atoms with Crippen LogP contribution < -0.4 is 15.4 Å². The number of nitrogens with one attached hydrogen (secondary N) is 2. The fourth-order valence-corrected chi connectivity index (χ4v) is 5.93. The van der Waals surface area contributed by atoms with Gasteiger partial charge in [0.1, 0.15) is 12.4 Å². The van der Waals surface area contributed by atoms with Crippen molar-refractivity contribution in [1.82, 2.24) is 10.2 Å². The highest BCUT2D eigenvalue weighted by molar-refractivity contribution is 6.12. The molecule has 290 valence electrons. The number of nitro groups is 1. The second-order valence-corrected chi connectivity index (χ2v) is 13.2. The van der Waals surface area contributed by atoms with Gasteiger partial charge in [-0.15, -0.1) is 0 Å². The predicted octanol–water partition coefficient (Wildman–Crippen LogP) is 6.62. The highest BCUT2D eigenvalue weighted by atomic mass is 16.7. The first-order valence-corrected chi connectivity index (χ1v) is 18.4. The zero-order valence-electron chi connectivity index (χ0n) is 30.8. The summed E-state index contributed by atoms with van der Waals surface area (Å²) in [4.78, 5) is 87.5. The van der Waals surface area contributed by atoms with Crippen LogP contribution in [0.15, 0.2) is 91.0 Å². The lowest BCUT2D eigenvalue weighted by Crippen LogP contribution is -2.43. The first-order chi connectivity index (χ1) is 26.5. The highest BCUT2D eigenvalue weighted by Crippen LogP contribution is 2.21. The molecule has 3 aromatic carbocycles. The Hall–Kier alpha value is -6.18. The fraction of sp³-hybridized carbons (Fsp3) is 0.366. The molecule has 4 amide bonds. The molecule has 1 unspecified atom stereocenters. The molecule has 0 aliphatic carbocycles. The van der Waals surface area contributed by atoms with Gasteiger partial charge in [-0.1, -0.05) is 75.1 Å². The van der Waals surface area contributed by atoms with Crippen LogP contribution in [-0.4, -0.2) is 58.0 Å². The Bertz CT molecular complexity index is 1810. The predicted molar refractivity (Wildman–Crippen MR) is 203 cm³/mol. The SMILES string of the molecule is CCCCC[C@H](CC(=O)C(Cc1ccccc1)NC(=O)CCCCCN1C(=O)C=CC1=O)C(=O)Nc1ccc(COC(=O)Oc2ccc([N+](=O)[O-])cc2)cc1. The smallest absolute Gasteiger partial charge is 0.429 e. The van der Waals surface area contributed by atoms with Crippen LogP contribution in [0.2, 0.25) is 0 Å². The molecule has 0 aromatic heterocycles. The van der Waals surface area contributed by atoms with E-state index in [9.17, 15) is 38.9 Å². The Labute approximate surface area is 319 Å². The van der Waals surface area contributed by atoms with Crippen LogP contribution in [-0.2, 0) is 41.7 Å². The van der Waals surface area contributed by atoms with Crippen molar-refractivity contribution in [3.63, 3.8) is 0 Å². The van der Waals surface area contributed by atoms with E-state index in [4.69, 9.17) is 9.47 Å². The number of benzene rings is 3. The molecule has 0 saturated carbocycles. The van der Waals surface area contributed by atoms with E-state index in [2.05, 4.69) is 17.6 Å². The first-order valence-electron chi connectivity index (χ1n) is 18.4. The Morgan fingerprint density at radius 1 is 0.818 bits per heavy atom. The quantitative estimate of drug-likeness (QED) is 0.0282. The summed E-state index contributed by atoms with van der Waals surface area (Å²) in [7, 11) is 0. The lowest BCUT2D eigenvalue weighted by atomic mass is 9.90. The van der Waals surface area contributed by atoms with Gasteiger partial charge >= 0.3 is 6.16 Å². The zero-order chi connectivity index (χ0) is 39.6. The summed E-state index contributed by atoms with van der Waals surface area (Å²) in [5.41, 5.74) is 1.82. The molecule has 0 saturated heterocycles. The molecule has 14 nitrogen and oxygen atoms in total. The molecule has 2 N–H and O–H groups in total. The Kier molecular flexibility index (Phi) is 16.3. The number of nitro benzene ring substituents is 1. The van der Waals surface area contributed by atoms with E-state index in [-0.39, 0.29) is 73.3 Å². The minimum atomic E-state index is -0.990. The van der Waals surface area contributed by atoms with Gasteiger partial charge in [-0.2, -0.15) is 0 Å². The van der Waals surface area contributed by atoms with Crippen molar-refractivity contribution in [2.24, 2.45) is 5.92 Å². The van der Waals surface area contributed by atoms with Gasteiger partial charge in [-0.3, -0.25) is 39.0 Å². The summed E-state index contributed by atoms with van der Waals surface area (Å²) in [6, 6.07) is 20.1. The van der Waals surface area contributed by atoms with E-state index in [1.807, 2.05) is 30.3 Å². The number of ketones is 1. The maximum absolute atomic E-state index is 13.8. The minimum Gasteiger partial charge on any atom is -0.429 e. The lowest BCUT2D eigenvalue weighted by molar-refractivity contribution is -0.384. The maximum atomic E-state index is 13.8. The molecule has 3 aromatic rings. The van der Waals surface area contributed by atoms with Crippen molar-refractivity contribution in [1.29, 1.82) is 0 Å². The topological polar surface area (TPSA) is 191 Å². The van der Waals surface area contributed by atoms with E-state index < -0.39 is 23.0 Å². The molecule has 2 atom stereocenters. The highest BCUT2D eigenvalue weighted by Gasteiger charge is 2.28. The number of Topliss-reactive ketones (excluding diaryl/α,β-unsaturated/α-hetero) is 1. The van der Waals surface area contributed by atoms with Crippen molar-refractivity contribution in [2.75, 3.05) is 11.9 Å². The number of nitrogens with zero attached hydrogens (tertiary/aromatic N) is 2. The number of carbonyl (C=O) groups excluding carboxylic acids is 6. The van der Waals surface area contributed by atoms with E-state index in [0.29, 0.717) is 36.9 Å². The van der Waals surface area contributed by atoms with Gasteiger partial charge in [0, 0.05) is 55.3 Å². The van der Waals surface area contributed by atoms with E-state index in [0.717, 1.165) is 24.8 Å². The van der Waals surface area contributed by atoms with Gasteiger partial charge < -0.3 is 20.1 Å². The fourth-order valence-electron chi connectivity index (χ4n) is 5.93. The van der Waals surface area contributed by atoms with Crippen molar-refractivity contribution in [3.8, 4) is 5.75 Å². The first kappa shape index (κ1) is 41.6. The third-order valence-corrected chi connectivity index (χ3v) is 8.99. The molecule has 1 aliphatic rings. The zero-order valence-corrected chi connectivity index (χ0v) is 30.8. The molecular formula is C41H46N4O10. The molecule has 0 fully saturated rings. The Morgan fingerprint density at radius 3 is 2.16 bits per heavy atom. The number of amides is 4. The summed E-state index contributed by atoms with van der Waals surface area (Å²) in [6.07, 6.45) is 6.60. The number of non-ortho nitro benzene ring substituents is 1. The normalized spacial score (nSPS) is 13.2. The van der Waals surface area contributed by atoms with Crippen LogP contribution in [0.3, 0.4) is 0 Å². The molecule has 0 radical (unpaired) electrons. The average Bonchev–Trinajstić information content (AvgIpc) is 3.50. The molecule has 55 heavy (non-hydrogen) atoms. The van der Waals surface area contributed by atoms with Gasteiger partial charge in [-0.05, 0) is 61.1 Å². The van der Waals surface area contributed by atoms with E-state index >= 15 is 0 Å².